The van der Waals surface area contributed by atoms with Crippen molar-refractivity contribution in [3.63, 3.8) is 0 Å². The van der Waals surface area contributed by atoms with Gasteiger partial charge >= 0.3 is 6.03 Å². The number of carbonyl (C=O) groups is 1. The van der Waals surface area contributed by atoms with Gasteiger partial charge in [0.25, 0.3) is 5.69 Å². The number of hydrogen-bond acceptors (Lipinski definition) is 4. The first-order valence-electron chi connectivity index (χ1n) is 5.52. The largest absolute Gasteiger partial charge is 0.506 e. The summed E-state index contributed by atoms with van der Waals surface area (Å²) in [4.78, 5) is 23.1. The lowest BCUT2D eigenvalue weighted by Gasteiger charge is -2.19. The van der Waals surface area contributed by atoms with Gasteiger partial charge in [-0.15, -0.1) is 0 Å². The van der Waals surface area contributed by atoms with Crippen molar-refractivity contribution in [1.29, 1.82) is 0 Å². The second-order valence-corrected chi connectivity index (χ2v) is 3.56. The maximum atomic E-state index is 11.7. The van der Waals surface area contributed by atoms with Crippen molar-refractivity contribution >= 4 is 17.4 Å². The number of phenolic OH excluding ortho intramolecular Hbond substituents is 1. The molecule has 7 heteroatoms. The fraction of sp³-hybridized carbons (Fsp3) is 0.364. The molecule has 0 radical (unpaired) electrons. The molecule has 0 aliphatic heterocycles. The summed E-state index contributed by atoms with van der Waals surface area (Å²) in [5.41, 5.74) is -0.0779. The number of urea groups is 1. The van der Waals surface area contributed by atoms with Crippen LogP contribution in [0, 0.1) is 10.1 Å². The first-order chi connectivity index (χ1) is 8.49. The van der Waals surface area contributed by atoms with E-state index in [0.717, 1.165) is 6.07 Å². The van der Waals surface area contributed by atoms with Crippen molar-refractivity contribution in [2.45, 2.75) is 13.8 Å². The molecule has 1 aromatic rings. The number of non-ortho nitro benzene ring substituents is 1. The molecular formula is C11H15N3O4. The smallest absolute Gasteiger partial charge is 0.321 e. The lowest BCUT2D eigenvalue weighted by molar-refractivity contribution is -0.384. The molecule has 1 aromatic carbocycles. The molecule has 0 atom stereocenters. The Balaban J connectivity index is 2.86. The van der Waals surface area contributed by atoms with Crippen LogP contribution in [0.5, 0.6) is 5.75 Å². The van der Waals surface area contributed by atoms with Crippen molar-refractivity contribution in [3.05, 3.63) is 28.3 Å². The van der Waals surface area contributed by atoms with Crippen LogP contribution in [0.4, 0.5) is 16.2 Å². The van der Waals surface area contributed by atoms with Gasteiger partial charge in [-0.05, 0) is 19.9 Å². The maximum absolute atomic E-state index is 11.7. The molecule has 2 N–H and O–H groups in total. The summed E-state index contributed by atoms with van der Waals surface area (Å²) in [5, 5.41) is 22.6. The second kappa shape index (κ2) is 5.85. The fourth-order valence-electron chi connectivity index (χ4n) is 1.44. The van der Waals surface area contributed by atoms with Gasteiger partial charge < -0.3 is 15.3 Å². The number of benzene rings is 1. The van der Waals surface area contributed by atoms with Gasteiger partial charge in [-0.2, -0.15) is 0 Å². The van der Waals surface area contributed by atoms with Crippen molar-refractivity contribution in [2.24, 2.45) is 0 Å². The highest BCUT2D eigenvalue weighted by atomic mass is 16.6. The number of anilines is 1. The van der Waals surface area contributed by atoms with Crippen molar-refractivity contribution < 1.29 is 14.8 Å². The molecule has 0 aromatic heterocycles. The van der Waals surface area contributed by atoms with E-state index in [1.165, 1.54) is 17.0 Å². The van der Waals surface area contributed by atoms with Crippen LogP contribution in [-0.2, 0) is 0 Å². The molecule has 0 unspecified atom stereocenters. The molecule has 0 aliphatic carbocycles. The predicted molar refractivity (Wildman–Crippen MR) is 66.7 cm³/mol. The van der Waals surface area contributed by atoms with Crippen LogP contribution >= 0.6 is 0 Å². The van der Waals surface area contributed by atoms with Crippen LogP contribution in [0.3, 0.4) is 0 Å². The molecule has 0 fully saturated rings. The third-order valence-corrected chi connectivity index (χ3v) is 2.48. The van der Waals surface area contributed by atoms with Crippen molar-refractivity contribution in [3.8, 4) is 5.75 Å². The van der Waals surface area contributed by atoms with Gasteiger partial charge in [-0.3, -0.25) is 10.1 Å². The Morgan fingerprint density at radius 1 is 1.44 bits per heavy atom. The normalized spacial score (nSPS) is 9.89. The van der Waals surface area contributed by atoms with E-state index in [4.69, 9.17) is 0 Å². The van der Waals surface area contributed by atoms with Gasteiger partial charge in [0.05, 0.1) is 16.7 Å². The molecule has 0 spiro atoms. The minimum Gasteiger partial charge on any atom is -0.506 e. The molecule has 98 valence electrons. The van der Waals surface area contributed by atoms with Crippen LogP contribution in [0.1, 0.15) is 13.8 Å². The summed E-state index contributed by atoms with van der Waals surface area (Å²) < 4.78 is 0. The number of nitro groups is 1. The Morgan fingerprint density at radius 2 is 2.06 bits per heavy atom. The molecule has 0 heterocycles. The zero-order valence-corrected chi connectivity index (χ0v) is 10.2. The molecule has 7 nitrogen and oxygen atoms in total. The SMILES string of the molecule is CCN(CC)C(=O)Nc1ccc([N+](=O)[O-])cc1O. The number of phenols is 1. The van der Waals surface area contributed by atoms with E-state index in [0.29, 0.717) is 13.1 Å². The van der Waals surface area contributed by atoms with Crippen LogP contribution in [0.25, 0.3) is 0 Å². The lowest BCUT2D eigenvalue weighted by atomic mass is 10.2. The molecule has 0 bridgehead atoms. The van der Waals surface area contributed by atoms with Crippen LogP contribution < -0.4 is 5.32 Å². The van der Waals surface area contributed by atoms with Gasteiger partial charge in [-0.1, -0.05) is 0 Å². The average Bonchev–Trinajstić information content (AvgIpc) is 2.33. The highest BCUT2D eigenvalue weighted by Crippen LogP contribution is 2.27. The summed E-state index contributed by atoms with van der Waals surface area (Å²) in [7, 11) is 0. The number of nitrogens with one attached hydrogen (secondary N) is 1. The molecule has 18 heavy (non-hydrogen) atoms. The van der Waals surface area contributed by atoms with Crippen molar-refractivity contribution in [1.82, 2.24) is 4.90 Å². The van der Waals surface area contributed by atoms with Gasteiger partial charge in [0.1, 0.15) is 5.75 Å². The van der Waals surface area contributed by atoms with E-state index >= 15 is 0 Å². The third-order valence-electron chi connectivity index (χ3n) is 2.48. The predicted octanol–water partition coefficient (Wildman–Crippen LogP) is 2.17. The number of amides is 2. The zero-order chi connectivity index (χ0) is 13.7. The molecule has 0 saturated carbocycles. The Bertz CT molecular complexity index is 458. The topological polar surface area (TPSA) is 95.7 Å². The standard InChI is InChI=1S/C11H15N3O4/c1-3-13(4-2)11(16)12-9-6-5-8(14(17)18)7-10(9)15/h5-7,15H,3-4H2,1-2H3,(H,12,16). The summed E-state index contributed by atoms with van der Waals surface area (Å²) in [6, 6.07) is 3.16. The Morgan fingerprint density at radius 3 is 2.50 bits per heavy atom. The second-order valence-electron chi connectivity index (χ2n) is 3.56. The lowest BCUT2D eigenvalue weighted by Crippen LogP contribution is -2.34. The maximum Gasteiger partial charge on any atom is 0.321 e. The molecule has 1 rings (SSSR count). The number of nitrogens with zero attached hydrogens (tertiary/aromatic N) is 2. The highest BCUT2D eigenvalue weighted by molar-refractivity contribution is 5.91. The molecular weight excluding hydrogens is 238 g/mol. The van der Waals surface area contributed by atoms with E-state index in [-0.39, 0.29) is 23.2 Å². The van der Waals surface area contributed by atoms with Crippen LogP contribution in [-0.4, -0.2) is 34.1 Å². The number of aromatic hydroxyl groups is 1. The number of rotatable bonds is 4. The molecule has 0 saturated heterocycles. The zero-order valence-electron chi connectivity index (χ0n) is 10.2. The molecule has 0 aliphatic rings. The molecule has 2 amide bonds. The summed E-state index contributed by atoms with van der Waals surface area (Å²) in [5.74, 6) is -0.329. The van der Waals surface area contributed by atoms with E-state index in [1.54, 1.807) is 0 Å². The van der Waals surface area contributed by atoms with E-state index in [1.807, 2.05) is 13.8 Å². The quantitative estimate of drug-likeness (QED) is 0.488. The van der Waals surface area contributed by atoms with Crippen molar-refractivity contribution in [2.75, 3.05) is 18.4 Å². The van der Waals surface area contributed by atoms with Gasteiger partial charge in [0, 0.05) is 19.2 Å². The van der Waals surface area contributed by atoms with E-state index in [9.17, 15) is 20.0 Å². The summed E-state index contributed by atoms with van der Waals surface area (Å²) in [6.45, 7) is 4.74. The highest BCUT2D eigenvalue weighted by Gasteiger charge is 2.14. The summed E-state index contributed by atoms with van der Waals surface area (Å²) >= 11 is 0. The number of hydrogen-bond donors (Lipinski definition) is 2. The Labute approximate surface area is 104 Å². The van der Waals surface area contributed by atoms with E-state index in [2.05, 4.69) is 5.32 Å². The monoisotopic (exact) mass is 253 g/mol. The Hall–Kier alpha value is -2.31. The minimum atomic E-state index is -0.615. The first-order valence-corrected chi connectivity index (χ1v) is 5.52. The number of nitro benzene ring substituents is 1. The fourth-order valence-corrected chi connectivity index (χ4v) is 1.44. The summed E-state index contributed by atoms with van der Waals surface area (Å²) in [6.07, 6.45) is 0. The van der Waals surface area contributed by atoms with Crippen LogP contribution in [0.2, 0.25) is 0 Å². The third kappa shape index (κ3) is 3.09. The van der Waals surface area contributed by atoms with Gasteiger partial charge in [0.15, 0.2) is 0 Å². The van der Waals surface area contributed by atoms with Crippen LogP contribution in [0.15, 0.2) is 18.2 Å². The Kier molecular flexibility index (Phi) is 4.47. The van der Waals surface area contributed by atoms with Gasteiger partial charge in [-0.25, -0.2) is 4.79 Å². The van der Waals surface area contributed by atoms with Gasteiger partial charge in [0.2, 0.25) is 0 Å². The first kappa shape index (κ1) is 13.8. The van der Waals surface area contributed by atoms with E-state index < -0.39 is 4.92 Å². The number of carbonyl (C=O) groups excluding carboxylic acids is 1. The minimum absolute atomic E-state index is 0.150. The average molecular weight is 253 g/mol.